The van der Waals surface area contributed by atoms with E-state index in [1.807, 2.05) is 36.4 Å². The van der Waals surface area contributed by atoms with Crippen molar-refractivity contribution in [2.24, 2.45) is 4.99 Å². The summed E-state index contributed by atoms with van der Waals surface area (Å²) in [7, 11) is 1.76. The molecule has 3 heterocycles. The molecule has 1 aromatic carbocycles. The predicted octanol–water partition coefficient (Wildman–Crippen LogP) is 3.14. The summed E-state index contributed by atoms with van der Waals surface area (Å²) in [5.41, 5.74) is 1.55. The van der Waals surface area contributed by atoms with Crippen LogP contribution in [0.4, 0.5) is 0 Å². The maximum absolute atomic E-state index is 6.11. The number of nitrogens with one attached hydrogen (secondary N) is 2. The molecule has 2 aromatic heterocycles. The van der Waals surface area contributed by atoms with E-state index < -0.39 is 0 Å². The van der Waals surface area contributed by atoms with E-state index in [0.29, 0.717) is 30.4 Å². The van der Waals surface area contributed by atoms with E-state index in [1.54, 1.807) is 13.2 Å². The molecule has 0 fully saturated rings. The molecule has 156 valence electrons. The zero-order valence-electron chi connectivity index (χ0n) is 17.4. The monoisotopic (exact) mass is 406 g/mol. The summed E-state index contributed by atoms with van der Waals surface area (Å²) >= 11 is 0. The van der Waals surface area contributed by atoms with Crippen molar-refractivity contribution in [3.63, 3.8) is 0 Å². The van der Waals surface area contributed by atoms with E-state index >= 15 is 0 Å². The normalized spacial score (nSPS) is 17.7. The molecule has 0 radical (unpaired) electrons. The van der Waals surface area contributed by atoms with Crippen molar-refractivity contribution in [3.05, 3.63) is 60.0 Å². The van der Waals surface area contributed by atoms with E-state index in [1.165, 1.54) is 0 Å². The van der Waals surface area contributed by atoms with Crippen LogP contribution >= 0.6 is 0 Å². The van der Waals surface area contributed by atoms with Gasteiger partial charge in [-0.2, -0.15) is 4.98 Å². The Balaban J connectivity index is 1.35. The Hall–Kier alpha value is -3.42. The molecular formula is C22H26N6O2. The number of hydrogen-bond acceptors (Lipinski definition) is 6. The minimum atomic E-state index is -0.253. The van der Waals surface area contributed by atoms with Crippen LogP contribution in [-0.4, -0.2) is 40.3 Å². The number of para-hydroxylation sites is 1. The molecule has 0 amide bonds. The minimum absolute atomic E-state index is 0.108. The maximum Gasteiger partial charge on any atom is 0.276 e. The van der Waals surface area contributed by atoms with Crippen molar-refractivity contribution in [2.45, 2.75) is 38.3 Å². The van der Waals surface area contributed by atoms with Crippen molar-refractivity contribution < 1.29 is 9.26 Å². The molecule has 0 bridgehead atoms. The predicted molar refractivity (Wildman–Crippen MR) is 114 cm³/mol. The first kappa shape index (κ1) is 19.9. The first-order valence-corrected chi connectivity index (χ1v) is 10.0. The number of fused-ring (bicyclic) bond motifs is 1. The van der Waals surface area contributed by atoms with Gasteiger partial charge < -0.3 is 19.9 Å². The fraction of sp³-hybridized carbons (Fsp3) is 0.364. The molecule has 2 N–H and O–H groups in total. The summed E-state index contributed by atoms with van der Waals surface area (Å²) in [6, 6.07) is 13.8. The van der Waals surface area contributed by atoms with E-state index in [-0.39, 0.29) is 11.6 Å². The molecular weight excluding hydrogens is 380 g/mol. The van der Waals surface area contributed by atoms with Gasteiger partial charge in [0.15, 0.2) is 11.8 Å². The number of guanidine groups is 1. The third-order valence-electron chi connectivity index (χ3n) is 4.90. The summed E-state index contributed by atoms with van der Waals surface area (Å²) in [5.74, 6) is 2.68. The van der Waals surface area contributed by atoms with Gasteiger partial charge in [-0.3, -0.25) is 9.98 Å². The molecule has 1 aliphatic rings. The molecule has 4 rings (SSSR count). The molecule has 8 nitrogen and oxygen atoms in total. The van der Waals surface area contributed by atoms with Crippen LogP contribution in [0.15, 0.2) is 58.2 Å². The van der Waals surface area contributed by atoms with Gasteiger partial charge in [0.2, 0.25) is 0 Å². The first-order valence-electron chi connectivity index (χ1n) is 10.0. The average Bonchev–Trinajstić information content (AvgIpc) is 3.22. The third-order valence-corrected chi connectivity index (χ3v) is 4.90. The standard InChI is InChI=1S/C22H26N6O2/c1-22(2)14-17(15-8-4-5-10-18(15)29-22)26-21(23-3)25-13-11-19-27-20(30-28-19)16-9-6-7-12-24-16/h4-10,12,17H,11,13-14H2,1-3H3,(H2,23,25,26). The van der Waals surface area contributed by atoms with Crippen LogP contribution in [0, 0.1) is 0 Å². The summed E-state index contributed by atoms with van der Waals surface area (Å²) in [6.07, 6.45) is 3.14. The molecule has 0 aliphatic carbocycles. The first-order chi connectivity index (χ1) is 14.5. The van der Waals surface area contributed by atoms with E-state index in [4.69, 9.17) is 9.26 Å². The van der Waals surface area contributed by atoms with Gasteiger partial charge in [0.05, 0.1) is 6.04 Å². The van der Waals surface area contributed by atoms with Gasteiger partial charge in [-0.25, -0.2) is 0 Å². The number of aliphatic imine (C=N–C) groups is 1. The van der Waals surface area contributed by atoms with Crippen molar-refractivity contribution in [1.29, 1.82) is 0 Å². The minimum Gasteiger partial charge on any atom is -0.487 e. The van der Waals surface area contributed by atoms with Crippen LogP contribution < -0.4 is 15.4 Å². The van der Waals surface area contributed by atoms with Gasteiger partial charge in [0, 0.05) is 38.2 Å². The van der Waals surface area contributed by atoms with Gasteiger partial charge in [0.1, 0.15) is 17.0 Å². The largest absolute Gasteiger partial charge is 0.487 e. The Morgan fingerprint density at radius 1 is 1.20 bits per heavy atom. The third kappa shape index (κ3) is 4.59. The van der Waals surface area contributed by atoms with Crippen LogP contribution in [0.3, 0.4) is 0 Å². The maximum atomic E-state index is 6.11. The fourth-order valence-electron chi connectivity index (χ4n) is 3.53. The van der Waals surface area contributed by atoms with E-state index in [0.717, 1.165) is 23.7 Å². The number of aromatic nitrogens is 3. The van der Waals surface area contributed by atoms with Crippen LogP contribution in [0.25, 0.3) is 11.6 Å². The average molecular weight is 406 g/mol. The second kappa shape index (κ2) is 8.52. The fourth-order valence-corrected chi connectivity index (χ4v) is 3.53. The Morgan fingerprint density at radius 3 is 2.83 bits per heavy atom. The second-order valence-electron chi connectivity index (χ2n) is 7.78. The smallest absolute Gasteiger partial charge is 0.276 e. The van der Waals surface area contributed by atoms with E-state index in [9.17, 15) is 0 Å². The zero-order chi connectivity index (χ0) is 21.0. The Morgan fingerprint density at radius 2 is 2.03 bits per heavy atom. The van der Waals surface area contributed by atoms with Crippen molar-refractivity contribution >= 4 is 5.96 Å². The highest BCUT2D eigenvalue weighted by molar-refractivity contribution is 5.80. The lowest BCUT2D eigenvalue weighted by atomic mass is 9.90. The molecule has 0 spiro atoms. The Kier molecular flexibility index (Phi) is 5.65. The topological polar surface area (TPSA) is 97.5 Å². The molecule has 0 saturated heterocycles. The second-order valence-corrected chi connectivity index (χ2v) is 7.78. The Labute approximate surface area is 175 Å². The number of ether oxygens (including phenoxy) is 1. The summed E-state index contributed by atoms with van der Waals surface area (Å²) < 4.78 is 11.4. The molecule has 1 unspecified atom stereocenters. The molecule has 0 saturated carbocycles. The molecule has 30 heavy (non-hydrogen) atoms. The van der Waals surface area contributed by atoms with Crippen molar-refractivity contribution in [2.75, 3.05) is 13.6 Å². The number of rotatable bonds is 5. The zero-order valence-corrected chi connectivity index (χ0v) is 17.4. The van der Waals surface area contributed by atoms with Crippen LogP contribution in [-0.2, 0) is 6.42 Å². The summed E-state index contributed by atoms with van der Waals surface area (Å²) in [4.78, 5) is 13.0. The number of hydrogen-bond donors (Lipinski definition) is 2. The quantitative estimate of drug-likeness (QED) is 0.496. The highest BCUT2D eigenvalue weighted by Gasteiger charge is 2.33. The van der Waals surface area contributed by atoms with Gasteiger partial charge in [0.25, 0.3) is 5.89 Å². The lowest BCUT2D eigenvalue weighted by Gasteiger charge is -2.38. The lowest BCUT2D eigenvalue weighted by molar-refractivity contribution is 0.0694. The molecule has 1 atom stereocenters. The van der Waals surface area contributed by atoms with Crippen molar-refractivity contribution in [3.8, 4) is 17.3 Å². The molecule has 1 aliphatic heterocycles. The van der Waals surface area contributed by atoms with Gasteiger partial charge in [-0.05, 0) is 32.0 Å². The summed E-state index contributed by atoms with van der Waals surface area (Å²) in [6.45, 7) is 4.82. The number of benzene rings is 1. The molecule has 8 heteroatoms. The highest BCUT2D eigenvalue weighted by atomic mass is 16.5. The number of pyridine rings is 1. The summed E-state index contributed by atoms with van der Waals surface area (Å²) in [5, 5.41) is 10.9. The van der Waals surface area contributed by atoms with Gasteiger partial charge in [-0.1, -0.05) is 29.4 Å². The van der Waals surface area contributed by atoms with Gasteiger partial charge >= 0.3 is 0 Å². The Bertz CT molecular complexity index is 1020. The van der Waals surface area contributed by atoms with Crippen LogP contribution in [0.1, 0.15) is 37.7 Å². The van der Waals surface area contributed by atoms with Crippen molar-refractivity contribution in [1.82, 2.24) is 25.8 Å². The molecule has 3 aromatic rings. The number of nitrogens with zero attached hydrogens (tertiary/aromatic N) is 4. The highest BCUT2D eigenvalue weighted by Crippen LogP contribution is 2.39. The SMILES string of the molecule is CN=C(NCCc1noc(-c2ccccn2)n1)NC1CC(C)(C)Oc2ccccc21. The van der Waals surface area contributed by atoms with Crippen LogP contribution in [0.2, 0.25) is 0 Å². The van der Waals surface area contributed by atoms with E-state index in [2.05, 4.69) is 50.7 Å². The van der Waals surface area contributed by atoms with Crippen LogP contribution in [0.5, 0.6) is 5.75 Å². The lowest BCUT2D eigenvalue weighted by Crippen LogP contribution is -2.45. The van der Waals surface area contributed by atoms with Gasteiger partial charge in [-0.15, -0.1) is 0 Å².